The Balaban J connectivity index is 1.87. The van der Waals surface area contributed by atoms with Crippen molar-refractivity contribution in [2.45, 2.75) is 31.4 Å². The molecule has 2 aromatic rings. The molecule has 1 aliphatic rings. The zero-order valence-corrected chi connectivity index (χ0v) is 15.9. The Labute approximate surface area is 161 Å². The van der Waals surface area contributed by atoms with Crippen molar-refractivity contribution in [2.75, 3.05) is 6.26 Å². The highest BCUT2D eigenvalue weighted by molar-refractivity contribution is 7.88. The molecule has 150 valence electrons. The van der Waals surface area contributed by atoms with Gasteiger partial charge in [-0.3, -0.25) is 4.79 Å². The highest BCUT2D eigenvalue weighted by atomic mass is 32.2. The van der Waals surface area contributed by atoms with Crippen molar-refractivity contribution < 1.29 is 27.8 Å². The minimum Gasteiger partial charge on any atom is -0.481 e. The number of carboxylic acid groups (broad SMARTS) is 1. The van der Waals surface area contributed by atoms with Crippen LogP contribution in [0.15, 0.2) is 36.7 Å². The third kappa shape index (κ3) is 4.51. The molecule has 0 saturated heterocycles. The molecule has 3 rings (SSSR count). The fourth-order valence-corrected chi connectivity index (χ4v) is 4.44. The Bertz CT molecular complexity index is 983. The summed E-state index contributed by atoms with van der Waals surface area (Å²) in [6, 6.07) is 6.02. The predicted octanol–water partition coefficient (Wildman–Crippen LogP) is 0.969. The molecule has 0 bridgehead atoms. The lowest BCUT2D eigenvalue weighted by molar-refractivity contribution is -0.149. The summed E-state index contributed by atoms with van der Waals surface area (Å²) < 4.78 is 38.3. The highest BCUT2D eigenvalue weighted by Gasteiger charge is 2.50. The van der Waals surface area contributed by atoms with Crippen LogP contribution in [-0.2, 0) is 21.2 Å². The van der Waals surface area contributed by atoms with Crippen molar-refractivity contribution in [1.29, 1.82) is 0 Å². The smallest absolute Gasteiger partial charge is 0.310 e. The van der Waals surface area contributed by atoms with E-state index >= 15 is 0 Å². The van der Waals surface area contributed by atoms with Crippen LogP contribution in [0.25, 0.3) is 11.4 Å². The van der Waals surface area contributed by atoms with Crippen molar-refractivity contribution in [3.05, 3.63) is 48.0 Å². The number of halogens is 1. The van der Waals surface area contributed by atoms with Gasteiger partial charge in [0.05, 0.1) is 30.2 Å². The highest BCUT2D eigenvalue weighted by Crippen LogP contribution is 2.42. The predicted molar refractivity (Wildman–Crippen MR) is 98.2 cm³/mol. The summed E-state index contributed by atoms with van der Waals surface area (Å²) in [6.07, 6.45) is 1.93. The fourth-order valence-electron chi connectivity index (χ4n) is 3.65. The Morgan fingerprint density at radius 2 is 2.00 bits per heavy atom. The van der Waals surface area contributed by atoms with Crippen molar-refractivity contribution in [1.82, 2.24) is 14.7 Å². The molecule has 28 heavy (non-hydrogen) atoms. The van der Waals surface area contributed by atoms with Crippen LogP contribution in [0.1, 0.15) is 18.4 Å². The molecule has 1 aromatic heterocycles. The van der Waals surface area contributed by atoms with Crippen molar-refractivity contribution >= 4 is 16.0 Å². The first-order chi connectivity index (χ1) is 13.1. The summed E-state index contributed by atoms with van der Waals surface area (Å²) in [7, 11) is -3.59. The Kier molecular flexibility index (Phi) is 5.46. The van der Waals surface area contributed by atoms with E-state index in [2.05, 4.69) is 14.7 Å². The first-order valence-corrected chi connectivity index (χ1v) is 10.4. The van der Waals surface area contributed by atoms with Gasteiger partial charge in [0.2, 0.25) is 10.0 Å². The van der Waals surface area contributed by atoms with E-state index in [1.54, 1.807) is 24.3 Å². The minimum absolute atomic E-state index is 0.0339. The van der Waals surface area contributed by atoms with E-state index in [1.165, 1.54) is 0 Å². The first-order valence-electron chi connectivity index (χ1n) is 8.54. The van der Waals surface area contributed by atoms with Gasteiger partial charge < -0.3 is 10.2 Å². The normalized spacial score (nSPS) is 25.0. The van der Waals surface area contributed by atoms with Crippen molar-refractivity contribution in [3.8, 4) is 11.4 Å². The van der Waals surface area contributed by atoms with Crippen molar-refractivity contribution in [2.24, 2.45) is 5.41 Å². The zero-order valence-electron chi connectivity index (χ0n) is 15.0. The van der Waals surface area contributed by atoms with Crippen LogP contribution in [0.5, 0.6) is 0 Å². The number of nitrogens with zero attached hydrogens (tertiary/aromatic N) is 2. The molecule has 0 amide bonds. The molecule has 3 N–H and O–H groups in total. The second-order valence-electron chi connectivity index (χ2n) is 7.16. The fraction of sp³-hybridized carbons (Fsp3) is 0.389. The van der Waals surface area contributed by atoms with E-state index < -0.39 is 39.4 Å². The van der Waals surface area contributed by atoms with Gasteiger partial charge in [-0.15, -0.1) is 0 Å². The third-order valence-corrected chi connectivity index (χ3v) is 5.57. The molecule has 8 nitrogen and oxygen atoms in total. The van der Waals surface area contributed by atoms with E-state index in [0.717, 1.165) is 18.6 Å². The standard InChI is InChI=1S/C18H20FN3O5S/c1-28(26,27)22-14-7-18(17(24)25,8-15(14)23)6-11-3-2-4-12(5-11)16-20-9-13(19)10-21-16/h2-5,9-10,14-15,22-23H,6-8H2,1H3,(H,24,25)/t14-,15-,18-/m1/s1. The van der Waals surface area contributed by atoms with Gasteiger partial charge in [-0.05, 0) is 30.9 Å². The van der Waals surface area contributed by atoms with Gasteiger partial charge >= 0.3 is 5.97 Å². The maximum Gasteiger partial charge on any atom is 0.310 e. The third-order valence-electron chi connectivity index (χ3n) is 4.84. The molecule has 1 fully saturated rings. The zero-order chi connectivity index (χ0) is 20.5. The molecule has 1 saturated carbocycles. The molecule has 0 aliphatic heterocycles. The van der Waals surface area contributed by atoms with Gasteiger partial charge in [-0.2, -0.15) is 0 Å². The van der Waals surface area contributed by atoms with Crippen LogP contribution in [0.3, 0.4) is 0 Å². The maximum atomic E-state index is 13.0. The van der Waals surface area contributed by atoms with Gasteiger partial charge in [0.15, 0.2) is 11.6 Å². The molecule has 3 atom stereocenters. The van der Waals surface area contributed by atoms with Crippen LogP contribution in [-0.4, -0.2) is 53.0 Å². The van der Waals surface area contributed by atoms with Crippen LogP contribution >= 0.6 is 0 Å². The topological polar surface area (TPSA) is 129 Å². The number of carbonyl (C=O) groups is 1. The number of hydrogen-bond acceptors (Lipinski definition) is 6. The average molecular weight is 409 g/mol. The number of benzene rings is 1. The van der Waals surface area contributed by atoms with Gasteiger partial charge in [0.1, 0.15) is 0 Å². The first kappa shape index (κ1) is 20.3. The van der Waals surface area contributed by atoms with Crippen LogP contribution in [0, 0.1) is 11.2 Å². The summed E-state index contributed by atoms with van der Waals surface area (Å²) in [4.78, 5) is 19.9. The number of aromatic nitrogens is 2. The summed E-state index contributed by atoms with van der Waals surface area (Å²) in [5.41, 5.74) is -0.0493. The number of aliphatic carboxylic acids is 1. The average Bonchev–Trinajstić information content (AvgIpc) is 2.90. The number of rotatable bonds is 6. The number of carboxylic acids is 1. The Hall–Kier alpha value is -2.43. The largest absolute Gasteiger partial charge is 0.481 e. The molecule has 1 aliphatic carbocycles. The van der Waals surface area contributed by atoms with Crippen LogP contribution < -0.4 is 4.72 Å². The molecule has 1 aromatic carbocycles. The van der Waals surface area contributed by atoms with Crippen LogP contribution in [0.2, 0.25) is 0 Å². The van der Waals surface area contributed by atoms with E-state index in [4.69, 9.17) is 0 Å². The molecular formula is C18H20FN3O5S. The lowest BCUT2D eigenvalue weighted by atomic mass is 9.79. The molecule has 0 radical (unpaired) electrons. The van der Waals surface area contributed by atoms with Crippen LogP contribution in [0.4, 0.5) is 4.39 Å². The van der Waals surface area contributed by atoms with Gasteiger partial charge in [-0.25, -0.2) is 27.5 Å². The maximum absolute atomic E-state index is 13.0. The minimum atomic E-state index is -3.59. The molecule has 0 unspecified atom stereocenters. The number of hydrogen-bond donors (Lipinski definition) is 3. The lowest BCUT2D eigenvalue weighted by Crippen LogP contribution is -2.39. The van der Waals surface area contributed by atoms with E-state index in [9.17, 15) is 27.8 Å². The Morgan fingerprint density at radius 3 is 2.61 bits per heavy atom. The monoisotopic (exact) mass is 409 g/mol. The lowest BCUT2D eigenvalue weighted by Gasteiger charge is -2.24. The van der Waals surface area contributed by atoms with E-state index in [-0.39, 0.29) is 19.3 Å². The quantitative estimate of drug-likeness (QED) is 0.648. The number of sulfonamides is 1. The van der Waals surface area contributed by atoms with E-state index in [1.807, 2.05) is 0 Å². The van der Waals surface area contributed by atoms with Gasteiger partial charge in [0, 0.05) is 11.6 Å². The van der Waals surface area contributed by atoms with E-state index in [0.29, 0.717) is 17.0 Å². The number of aliphatic hydroxyl groups excluding tert-OH is 1. The van der Waals surface area contributed by atoms with Crippen molar-refractivity contribution in [3.63, 3.8) is 0 Å². The molecular weight excluding hydrogens is 389 g/mol. The molecule has 0 spiro atoms. The molecule has 1 heterocycles. The SMILES string of the molecule is CS(=O)(=O)N[C@@H]1C[C@@](Cc2cccc(-c3ncc(F)cn3)c2)(C(=O)O)C[C@H]1O. The second kappa shape index (κ2) is 7.53. The van der Waals surface area contributed by atoms with Gasteiger partial charge in [0.25, 0.3) is 0 Å². The second-order valence-corrected chi connectivity index (χ2v) is 8.94. The summed E-state index contributed by atoms with van der Waals surface area (Å²) in [5.74, 6) is -1.36. The van der Waals surface area contributed by atoms with Gasteiger partial charge in [-0.1, -0.05) is 18.2 Å². The number of nitrogens with one attached hydrogen (secondary N) is 1. The molecule has 10 heteroatoms. The summed E-state index contributed by atoms with van der Waals surface area (Å²) in [5, 5.41) is 20.0. The summed E-state index contributed by atoms with van der Waals surface area (Å²) in [6.45, 7) is 0. The summed E-state index contributed by atoms with van der Waals surface area (Å²) >= 11 is 0. The number of aliphatic hydroxyl groups is 1. The Morgan fingerprint density at radius 1 is 1.32 bits per heavy atom.